The van der Waals surface area contributed by atoms with Crippen LogP contribution in [0.25, 0.3) is 0 Å². The van der Waals surface area contributed by atoms with Crippen LogP contribution in [0.5, 0.6) is 0 Å². The standard InChI is InChI=1S/C13H18BrNO/c1-15-7-3-6-13(15)10-16-9-11-4-2-5-12(14)8-11/h2,4-5,8,13H,3,6-7,9-10H2,1H3/t13-/m1/s1. The quantitative estimate of drug-likeness (QED) is 0.842. The predicted molar refractivity (Wildman–Crippen MR) is 69.5 cm³/mol. The van der Waals surface area contributed by atoms with Crippen LogP contribution in [-0.2, 0) is 11.3 Å². The Bertz CT molecular complexity index is 342. The predicted octanol–water partition coefficient (Wildman–Crippen LogP) is 3.06. The Morgan fingerprint density at radius 1 is 1.50 bits per heavy atom. The van der Waals surface area contributed by atoms with Gasteiger partial charge < -0.3 is 9.64 Å². The molecule has 0 unspecified atom stereocenters. The first-order valence-electron chi connectivity index (χ1n) is 5.78. The van der Waals surface area contributed by atoms with Crippen LogP contribution in [0.1, 0.15) is 18.4 Å². The first-order chi connectivity index (χ1) is 7.75. The molecule has 0 aliphatic carbocycles. The molecule has 88 valence electrons. The summed E-state index contributed by atoms with van der Waals surface area (Å²) in [5, 5.41) is 0. The van der Waals surface area contributed by atoms with Gasteiger partial charge in [0.15, 0.2) is 0 Å². The van der Waals surface area contributed by atoms with Crippen LogP contribution in [-0.4, -0.2) is 31.1 Å². The van der Waals surface area contributed by atoms with E-state index in [-0.39, 0.29) is 0 Å². The number of hydrogen-bond donors (Lipinski definition) is 0. The van der Waals surface area contributed by atoms with E-state index in [1.54, 1.807) is 0 Å². The normalized spacial score (nSPS) is 21.5. The fourth-order valence-electron chi connectivity index (χ4n) is 2.13. The number of ether oxygens (including phenoxy) is 1. The Labute approximate surface area is 106 Å². The van der Waals surface area contributed by atoms with E-state index in [0.29, 0.717) is 12.6 Å². The molecule has 2 nitrogen and oxygen atoms in total. The Kier molecular flexibility index (Phi) is 4.38. The third kappa shape index (κ3) is 3.30. The third-order valence-corrected chi connectivity index (χ3v) is 3.63. The fourth-order valence-corrected chi connectivity index (χ4v) is 2.58. The molecule has 2 rings (SSSR count). The van der Waals surface area contributed by atoms with Crippen molar-refractivity contribution in [3.63, 3.8) is 0 Å². The molecule has 0 saturated carbocycles. The average molecular weight is 284 g/mol. The second-order valence-corrected chi connectivity index (χ2v) is 5.34. The summed E-state index contributed by atoms with van der Waals surface area (Å²) in [6.07, 6.45) is 2.58. The van der Waals surface area contributed by atoms with E-state index in [1.807, 2.05) is 12.1 Å². The molecule has 1 aromatic carbocycles. The molecule has 1 aliphatic rings. The minimum absolute atomic E-state index is 0.618. The van der Waals surface area contributed by atoms with E-state index in [2.05, 4.69) is 40.0 Å². The second kappa shape index (κ2) is 5.80. The summed E-state index contributed by atoms with van der Waals surface area (Å²) in [5.74, 6) is 0. The maximum Gasteiger partial charge on any atom is 0.0718 e. The number of likely N-dealkylation sites (N-methyl/N-ethyl adjacent to an activating group) is 1. The van der Waals surface area contributed by atoms with Crippen LogP contribution in [0.3, 0.4) is 0 Å². The van der Waals surface area contributed by atoms with Gasteiger partial charge in [0.25, 0.3) is 0 Å². The van der Waals surface area contributed by atoms with Gasteiger partial charge in [-0.15, -0.1) is 0 Å². The van der Waals surface area contributed by atoms with E-state index < -0.39 is 0 Å². The van der Waals surface area contributed by atoms with Gasteiger partial charge in [-0.3, -0.25) is 0 Å². The highest BCUT2D eigenvalue weighted by atomic mass is 79.9. The van der Waals surface area contributed by atoms with Gasteiger partial charge in [0.1, 0.15) is 0 Å². The minimum atomic E-state index is 0.618. The van der Waals surface area contributed by atoms with Crippen molar-refractivity contribution in [2.24, 2.45) is 0 Å². The highest BCUT2D eigenvalue weighted by Gasteiger charge is 2.20. The maximum atomic E-state index is 5.77. The van der Waals surface area contributed by atoms with Gasteiger partial charge in [-0.1, -0.05) is 28.1 Å². The molecular weight excluding hydrogens is 266 g/mol. The molecule has 0 radical (unpaired) electrons. The number of benzene rings is 1. The summed E-state index contributed by atoms with van der Waals surface area (Å²) in [6.45, 7) is 2.78. The zero-order valence-electron chi connectivity index (χ0n) is 9.66. The Morgan fingerprint density at radius 3 is 3.06 bits per heavy atom. The molecule has 1 saturated heterocycles. The van der Waals surface area contributed by atoms with Crippen molar-refractivity contribution in [3.8, 4) is 0 Å². The summed E-state index contributed by atoms with van der Waals surface area (Å²) >= 11 is 3.47. The number of nitrogens with zero attached hydrogens (tertiary/aromatic N) is 1. The van der Waals surface area contributed by atoms with Gasteiger partial charge in [-0.2, -0.15) is 0 Å². The van der Waals surface area contributed by atoms with Crippen LogP contribution in [0.15, 0.2) is 28.7 Å². The Hall–Kier alpha value is -0.380. The average Bonchev–Trinajstić information content (AvgIpc) is 2.65. The van der Waals surface area contributed by atoms with E-state index in [4.69, 9.17) is 4.74 Å². The molecule has 1 heterocycles. The van der Waals surface area contributed by atoms with E-state index in [0.717, 1.165) is 11.1 Å². The SMILES string of the molecule is CN1CCC[C@@H]1COCc1cccc(Br)c1. The maximum absolute atomic E-state index is 5.77. The Balaban J connectivity index is 1.75. The van der Waals surface area contributed by atoms with Crippen molar-refractivity contribution in [3.05, 3.63) is 34.3 Å². The summed E-state index contributed by atoms with van der Waals surface area (Å²) < 4.78 is 6.88. The number of likely N-dealkylation sites (tertiary alicyclic amines) is 1. The minimum Gasteiger partial charge on any atom is -0.375 e. The molecule has 1 fully saturated rings. The van der Waals surface area contributed by atoms with E-state index in [1.165, 1.54) is 24.9 Å². The zero-order chi connectivity index (χ0) is 11.4. The number of rotatable bonds is 4. The van der Waals surface area contributed by atoms with Gasteiger partial charge in [-0.25, -0.2) is 0 Å². The van der Waals surface area contributed by atoms with Gasteiger partial charge in [0, 0.05) is 10.5 Å². The van der Waals surface area contributed by atoms with Crippen molar-refractivity contribution in [1.82, 2.24) is 4.90 Å². The second-order valence-electron chi connectivity index (χ2n) is 4.42. The summed E-state index contributed by atoms with van der Waals surface area (Å²) in [4.78, 5) is 2.39. The van der Waals surface area contributed by atoms with Crippen molar-refractivity contribution < 1.29 is 4.74 Å². The van der Waals surface area contributed by atoms with Gasteiger partial charge in [0.2, 0.25) is 0 Å². The monoisotopic (exact) mass is 283 g/mol. The lowest BCUT2D eigenvalue weighted by Gasteiger charge is -2.19. The summed E-state index contributed by atoms with van der Waals surface area (Å²) in [5.41, 5.74) is 1.23. The molecule has 1 aliphatic heterocycles. The molecule has 0 N–H and O–H groups in total. The van der Waals surface area contributed by atoms with Crippen molar-refractivity contribution in [1.29, 1.82) is 0 Å². The molecule has 3 heteroatoms. The van der Waals surface area contributed by atoms with Gasteiger partial charge in [-0.05, 0) is 44.1 Å². The van der Waals surface area contributed by atoms with Crippen LogP contribution < -0.4 is 0 Å². The zero-order valence-corrected chi connectivity index (χ0v) is 11.2. The fraction of sp³-hybridized carbons (Fsp3) is 0.538. The van der Waals surface area contributed by atoms with Crippen LogP contribution in [0.2, 0.25) is 0 Å². The molecule has 0 bridgehead atoms. The van der Waals surface area contributed by atoms with Crippen molar-refractivity contribution in [2.75, 3.05) is 20.2 Å². The van der Waals surface area contributed by atoms with Crippen LogP contribution in [0, 0.1) is 0 Å². The van der Waals surface area contributed by atoms with Gasteiger partial charge in [0.05, 0.1) is 13.2 Å². The lowest BCUT2D eigenvalue weighted by Crippen LogP contribution is -2.29. The first-order valence-corrected chi connectivity index (χ1v) is 6.57. The Morgan fingerprint density at radius 2 is 2.38 bits per heavy atom. The van der Waals surface area contributed by atoms with Crippen LogP contribution in [0.4, 0.5) is 0 Å². The van der Waals surface area contributed by atoms with Crippen molar-refractivity contribution >= 4 is 15.9 Å². The topological polar surface area (TPSA) is 12.5 Å². The lowest BCUT2D eigenvalue weighted by molar-refractivity contribution is 0.0749. The first kappa shape index (κ1) is 12.1. The smallest absolute Gasteiger partial charge is 0.0718 e. The van der Waals surface area contributed by atoms with Crippen molar-refractivity contribution in [2.45, 2.75) is 25.5 Å². The summed E-state index contributed by atoms with van der Waals surface area (Å²) in [6, 6.07) is 8.91. The highest BCUT2D eigenvalue weighted by Crippen LogP contribution is 2.16. The molecule has 0 amide bonds. The largest absolute Gasteiger partial charge is 0.375 e. The highest BCUT2D eigenvalue weighted by molar-refractivity contribution is 9.10. The molecule has 1 atom stereocenters. The molecule has 16 heavy (non-hydrogen) atoms. The van der Waals surface area contributed by atoms with E-state index >= 15 is 0 Å². The number of halogens is 1. The van der Waals surface area contributed by atoms with Gasteiger partial charge >= 0.3 is 0 Å². The molecule has 0 aromatic heterocycles. The third-order valence-electron chi connectivity index (χ3n) is 3.14. The molecule has 0 spiro atoms. The van der Waals surface area contributed by atoms with E-state index in [9.17, 15) is 0 Å². The summed E-state index contributed by atoms with van der Waals surface area (Å²) in [7, 11) is 2.18. The molecular formula is C13H18BrNO. The molecule has 1 aromatic rings. The lowest BCUT2D eigenvalue weighted by atomic mass is 10.2. The number of hydrogen-bond acceptors (Lipinski definition) is 2. The van der Waals surface area contributed by atoms with Crippen LogP contribution >= 0.6 is 15.9 Å².